The third kappa shape index (κ3) is 5.26. The van der Waals surface area contributed by atoms with Crippen molar-refractivity contribution >= 4 is 23.5 Å². The van der Waals surface area contributed by atoms with Crippen LogP contribution in [0, 0.1) is 0 Å². The molecule has 6 nitrogen and oxygen atoms in total. The molecule has 0 aliphatic heterocycles. The van der Waals surface area contributed by atoms with Gasteiger partial charge in [-0.25, -0.2) is 9.97 Å². The minimum Gasteiger partial charge on any atom is -0.350 e. The van der Waals surface area contributed by atoms with Gasteiger partial charge in [-0.05, 0) is 41.8 Å². The summed E-state index contributed by atoms with van der Waals surface area (Å²) in [7, 11) is 0. The number of rotatable bonds is 7. The summed E-state index contributed by atoms with van der Waals surface area (Å²) in [5.41, 5.74) is 2.44. The van der Waals surface area contributed by atoms with Gasteiger partial charge < -0.3 is 10.6 Å². The van der Waals surface area contributed by atoms with Crippen molar-refractivity contribution in [3.8, 4) is 0 Å². The molecule has 1 aromatic carbocycles. The summed E-state index contributed by atoms with van der Waals surface area (Å²) in [5, 5.41) is 6.65. The first-order chi connectivity index (χ1) is 12.7. The van der Waals surface area contributed by atoms with Crippen LogP contribution in [0.3, 0.4) is 0 Å². The summed E-state index contributed by atoms with van der Waals surface area (Å²) in [5.74, 6) is 0.171. The second kappa shape index (κ2) is 8.92. The minimum absolute atomic E-state index is 0.231. The fraction of sp³-hybridized carbons (Fsp3) is 0.158. The summed E-state index contributed by atoms with van der Waals surface area (Å²) in [4.78, 5) is 24.7. The fourth-order valence-electron chi connectivity index (χ4n) is 2.32. The molecule has 2 N–H and O–H groups in total. The van der Waals surface area contributed by atoms with E-state index < -0.39 is 0 Å². The van der Waals surface area contributed by atoms with E-state index in [-0.39, 0.29) is 5.91 Å². The Labute approximate surface area is 156 Å². The molecule has 0 bridgehead atoms. The maximum absolute atomic E-state index is 12.3. The molecule has 2 aromatic heterocycles. The van der Waals surface area contributed by atoms with Gasteiger partial charge in [0, 0.05) is 36.7 Å². The van der Waals surface area contributed by atoms with Crippen LogP contribution in [0.2, 0.25) is 5.02 Å². The summed E-state index contributed by atoms with van der Waals surface area (Å²) < 4.78 is 0. The molecule has 0 aliphatic rings. The van der Waals surface area contributed by atoms with Crippen LogP contribution in [0.4, 0.5) is 5.95 Å². The van der Waals surface area contributed by atoms with Gasteiger partial charge in [0.25, 0.3) is 5.91 Å². The largest absolute Gasteiger partial charge is 0.350 e. The van der Waals surface area contributed by atoms with Gasteiger partial charge in [-0.2, -0.15) is 0 Å². The highest BCUT2D eigenvalue weighted by Gasteiger charge is 2.08. The van der Waals surface area contributed by atoms with Crippen molar-refractivity contribution in [3.63, 3.8) is 0 Å². The maximum atomic E-state index is 12.3. The Kier molecular flexibility index (Phi) is 6.11. The van der Waals surface area contributed by atoms with Crippen LogP contribution in [0.5, 0.6) is 0 Å². The number of hydrogen-bond donors (Lipinski definition) is 2. The number of carbonyl (C=O) groups excluding carboxylic acids is 1. The predicted molar refractivity (Wildman–Crippen MR) is 101 cm³/mol. The van der Waals surface area contributed by atoms with Gasteiger partial charge in [0.05, 0.1) is 0 Å². The molecule has 0 saturated heterocycles. The Morgan fingerprint density at radius 1 is 1.04 bits per heavy atom. The van der Waals surface area contributed by atoms with Crippen LogP contribution < -0.4 is 10.6 Å². The highest BCUT2D eigenvalue weighted by atomic mass is 35.5. The minimum atomic E-state index is -0.231. The van der Waals surface area contributed by atoms with Gasteiger partial charge >= 0.3 is 0 Å². The van der Waals surface area contributed by atoms with Crippen molar-refractivity contribution in [3.05, 3.63) is 82.9 Å². The van der Waals surface area contributed by atoms with Crippen LogP contribution in [0.1, 0.15) is 21.6 Å². The molecular formula is C19H18ClN5O. The lowest BCUT2D eigenvalue weighted by Crippen LogP contribution is -2.26. The zero-order valence-corrected chi connectivity index (χ0v) is 14.8. The maximum Gasteiger partial charge on any atom is 0.270 e. The number of nitrogens with zero attached hydrogens (tertiary/aromatic N) is 3. The van der Waals surface area contributed by atoms with E-state index in [9.17, 15) is 4.79 Å². The van der Waals surface area contributed by atoms with E-state index in [4.69, 9.17) is 11.6 Å². The first-order valence-electron chi connectivity index (χ1n) is 8.19. The van der Waals surface area contributed by atoms with Gasteiger partial charge in [-0.3, -0.25) is 9.78 Å². The summed E-state index contributed by atoms with van der Waals surface area (Å²) in [6.07, 6.45) is 5.77. The van der Waals surface area contributed by atoms with Crippen LogP contribution in [-0.2, 0) is 13.0 Å². The Morgan fingerprint density at radius 2 is 1.88 bits per heavy atom. The van der Waals surface area contributed by atoms with E-state index in [1.807, 2.05) is 36.4 Å². The molecule has 0 fully saturated rings. The third-order valence-electron chi connectivity index (χ3n) is 3.67. The number of halogens is 1. The Bertz CT molecular complexity index is 855. The van der Waals surface area contributed by atoms with Crippen molar-refractivity contribution in [2.24, 2.45) is 0 Å². The zero-order valence-electron chi connectivity index (χ0n) is 14.0. The molecule has 0 radical (unpaired) electrons. The van der Waals surface area contributed by atoms with E-state index in [0.29, 0.717) is 29.8 Å². The highest BCUT2D eigenvalue weighted by molar-refractivity contribution is 6.30. The monoisotopic (exact) mass is 367 g/mol. The predicted octanol–water partition coefficient (Wildman–Crippen LogP) is 3.11. The topological polar surface area (TPSA) is 79.8 Å². The van der Waals surface area contributed by atoms with Crippen LogP contribution >= 0.6 is 11.6 Å². The lowest BCUT2D eigenvalue weighted by molar-refractivity contribution is 0.0949. The molecular weight excluding hydrogens is 350 g/mol. The number of hydrogen-bond acceptors (Lipinski definition) is 5. The van der Waals surface area contributed by atoms with Crippen molar-refractivity contribution in [1.29, 1.82) is 0 Å². The number of aromatic nitrogens is 3. The van der Waals surface area contributed by atoms with Gasteiger partial charge in [-0.1, -0.05) is 29.8 Å². The second-order valence-corrected chi connectivity index (χ2v) is 6.05. The molecule has 3 rings (SSSR count). The van der Waals surface area contributed by atoms with Gasteiger partial charge in [0.1, 0.15) is 5.69 Å². The van der Waals surface area contributed by atoms with Crippen LogP contribution in [-0.4, -0.2) is 27.4 Å². The molecule has 3 aromatic rings. The third-order valence-corrected chi connectivity index (χ3v) is 3.93. The SMILES string of the molecule is O=C(NCCc1ccc(Cl)cc1)c1ccnc(NCc2cccnc2)n1. The molecule has 0 unspecified atom stereocenters. The van der Waals surface area contributed by atoms with Crippen molar-refractivity contribution in [2.45, 2.75) is 13.0 Å². The average Bonchev–Trinajstić information content (AvgIpc) is 2.69. The van der Waals surface area contributed by atoms with Gasteiger partial charge in [0.2, 0.25) is 5.95 Å². The van der Waals surface area contributed by atoms with Crippen molar-refractivity contribution < 1.29 is 4.79 Å². The smallest absolute Gasteiger partial charge is 0.270 e. The number of anilines is 1. The van der Waals surface area contributed by atoms with E-state index >= 15 is 0 Å². The number of carbonyl (C=O) groups is 1. The van der Waals surface area contributed by atoms with Crippen LogP contribution in [0.25, 0.3) is 0 Å². The normalized spacial score (nSPS) is 10.3. The summed E-state index contributed by atoms with van der Waals surface area (Å²) in [6.45, 7) is 1.05. The van der Waals surface area contributed by atoms with E-state index in [1.54, 1.807) is 24.7 Å². The van der Waals surface area contributed by atoms with Gasteiger partial charge in [-0.15, -0.1) is 0 Å². The van der Waals surface area contributed by atoms with Crippen molar-refractivity contribution in [2.75, 3.05) is 11.9 Å². The standard InChI is InChI=1S/C19H18ClN5O/c20-16-5-3-14(4-6-16)7-10-22-18(26)17-8-11-23-19(25-17)24-13-15-2-1-9-21-12-15/h1-6,8-9,11-12H,7,10,13H2,(H,22,26)(H,23,24,25). The highest BCUT2D eigenvalue weighted by Crippen LogP contribution is 2.09. The van der Waals surface area contributed by atoms with E-state index in [0.717, 1.165) is 17.5 Å². The Balaban J connectivity index is 1.51. The lowest BCUT2D eigenvalue weighted by Gasteiger charge is -2.07. The molecule has 26 heavy (non-hydrogen) atoms. The Morgan fingerprint density at radius 3 is 2.65 bits per heavy atom. The molecule has 7 heteroatoms. The first kappa shape index (κ1) is 17.8. The average molecular weight is 368 g/mol. The van der Waals surface area contributed by atoms with Crippen molar-refractivity contribution in [1.82, 2.24) is 20.3 Å². The molecule has 0 atom stereocenters. The quantitative estimate of drug-likeness (QED) is 0.670. The molecule has 1 amide bonds. The zero-order chi connectivity index (χ0) is 18.2. The van der Waals surface area contributed by atoms with E-state index in [2.05, 4.69) is 25.6 Å². The summed E-state index contributed by atoms with van der Waals surface area (Å²) in [6, 6.07) is 13.0. The fourth-order valence-corrected chi connectivity index (χ4v) is 2.44. The number of amides is 1. The molecule has 0 saturated carbocycles. The first-order valence-corrected chi connectivity index (χ1v) is 8.57. The summed E-state index contributed by atoms with van der Waals surface area (Å²) >= 11 is 5.86. The molecule has 0 aliphatic carbocycles. The molecule has 132 valence electrons. The van der Waals surface area contributed by atoms with Crippen LogP contribution in [0.15, 0.2) is 61.1 Å². The second-order valence-electron chi connectivity index (χ2n) is 5.61. The van der Waals surface area contributed by atoms with E-state index in [1.165, 1.54) is 0 Å². The lowest BCUT2D eigenvalue weighted by atomic mass is 10.1. The van der Waals surface area contributed by atoms with Gasteiger partial charge in [0.15, 0.2) is 0 Å². The Hall–Kier alpha value is -2.99. The number of pyridine rings is 1. The number of nitrogens with one attached hydrogen (secondary N) is 2. The number of benzene rings is 1. The molecule has 2 heterocycles. The molecule has 0 spiro atoms.